The first-order chi connectivity index (χ1) is 11.8. The highest BCUT2D eigenvalue weighted by Gasteiger charge is 2.27. The predicted octanol–water partition coefficient (Wildman–Crippen LogP) is 1.79. The maximum atomic E-state index is 12.4. The summed E-state index contributed by atoms with van der Waals surface area (Å²) in [6.45, 7) is 1.73. The van der Waals surface area contributed by atoms with Crippen molar-refractivity contribution >= 4 is 31.4 Å². The quantitative estimate of drug-likeness (QED) is 0.818. The van der Waals surface area contributed by atoms with E-state index in [1.165, 1.54) is 12.3 Å². The summed E-state index contributed by atoms with van der Waals surface area (Å²) in [4.78, 5) is 4.30. The van der Waals surface area contributed by atoms with Crippen molar-refractivity contribution in [1.82, 2.24) is 4.98 Å². The van der Waals surface area contributed by atoms with Crippen molar-refractivity contribution in [2.75, 3.05) is 21.5 Å². The zero-order chi connectivity index (χ0) is 18.1. The Balaban J connectivity index is 1.70. The molecule has 134 valence electrons. The van der Waals surface area contributed by atoms with Crippen LogP contribution in [0.25, 0.3) is 0 Å². The van der Waals surface area contributed by atoms with Crippen LogP contribution in [-0.4, -0.2) is 39.4 Å². The van der Waals surface area contributed by atoms with Gasteiger partial charge < -0.3 is 5.32 Å². The van der Waals surface area contributed by atoms with Gasteiger partial charge in [-0.2, -0.15) is 0 Å². The topological polar surface area (TPSA) is 105 Å². The Morgan fingerprint density at radius 2 is 1.92 bits per heavy atom. The molecule has 2 aromatic rings. The number of nitrogens with one attached hydrogen (secondary N) is 2. The molecule has 0 spiro atoms. The molecule has 1 aliphatic rings. The molecule has 9 heteroatoms. The number of anilines is 2. The average Bonchev–Trinajstić information content (AvgIpc) is 2.88. The largest absolute Gasteiger partial charge is 0.380 e. The van der Waals surface area contributed by atoms with Gasteiger partial charge in [-0.05, 0) is 37.1 Å². The van der Waals surface area contributed by atoms with Gasteiger partial charge in [0.2, 0.25) is 0 Å². The molecular formula is C16H19N3O4S2. The third kappa shape index (κ3) is 4.29. The van der Waals surface area contributed by atoms with E-state index >= 15 is 0 Å². The van der Waals surface area contributed by atoms with Crippen LogP contribution in [0.2, 0.25) is 0 Å². The summed E-state index contributed by atoms with van der Waals surface area (Å²) < 4.78 is 50.2. The molecule has 1 aliphatic heterocycles. The van der Waals surface area contributed by atoms with E-state index in [0.717, 1.165) is 0 Å². The van der Waals surface area contributed by atoms with Crippen molar-refractivity contribution in [2.24, 2.45) is 0 Å². The molecule has 2 heterocycles. The smallest absolute Gasteiger partial charge is 0.263 e. The molecule has 7 nitrogen and oxygen atoms in total. The van der Waals surface area contributed by atoms with Crippen molar-refractivity contribution in [1.29, 1.82) is 0 Å². The molecule has 1 aromatic carbocycles. The minimum absolute atomic E-state index is 0.106. The number of aryl methyl sites for hydroxylation is 1. The number of hydrogen-bond acceptors (Lipinski definition) is 6. The van der Waals surface area contributed by atoms with Gasteiger partial charge in [0.15, 0.2) is 9.84 Å². The summed E-state index contributed by atoms with van der Waals surface area (Å²) in [5.41, 5.74) is 1.30. The van der Waals surface area contributed by atoms with Crippen LogP contribution >= 0.6 is 0 Å². The number of aromatic nitrogens is 1. The van der Waals surface area contributed by atoms with E-state index in [9.17, 15) is 16.8 Å². The van der Waals surface area contributed by atoms with Crippen LogP contribution in [0.5, 0.6) is 0 Å². The molecule has 1 saturated heterocycles. The van der Waals surface area contributed by atoms with Gasteiger partial charge in [0.1, 0.15) is 5.82 Å². The molecule has 0 radical (unpaired) electrons. The highest BCUT2D eigenvalue weighted by atomic mass is 32.2. The third-order valence-corrected chi connectivity index (χ3v) is 7.27. The third-order valence-electron chi connectivity index (χ3n) is 3.99. The van der Waals surface area contributed by atoms with Gasteiger partial charge in [-0.1, -0.05) is 18.2 Å². The zero-order valence-electron chi connectivity index (χ0n) is 13.6. The predicted molar refractivity (Wildman–Crippen MR) is 96.9 cm³/mol. The first kappa shape index (κ1) is 17.7. The van der Waals surface area contributed by atoms with Crippen LogP contribution < -0.4 is 10.0 Å². The van der Waals surface area contributed by atoms with E-state index in [1.807, 2.05) is 0 Å². The van der Waals surface area contributed by atoms with Crippen LogP contribution in [0.1, 0.15) is 12.0 Å². The van der Waals surface area contributed by atoms with Gasteiger partial charge in [0.05, 0.1) is 28.3 Å². The minimum atomic E-state index is -3.71. The molecule has 1 aromatic heterocycles. The number of rotatable bonds is 5. The van der Waals surface area contributed by atoms with E-state index in [-0.39, 0.29) is 28.3 Å². The van der Waals surface area contributed by atoms with Crippen molar-refractivity contribution in [3.05, 3.63) is 48.2 Å². The van der Waals surface area contributed by atoms with E-state index in [1.54, 1.807) is 37.3 Å². The lowest BCUT2D eigenvalue weighted by atomic mass is 10.2. The average molecular weight is 381 g/mol. The number of sulfone groups is 1. The van der Waals surface area contributed by atoms with Gasteiger partial charge >= 0.3 is 0 Å². The van der Waals surface area contributed by atoms with Gasteiger partial charge in [-0.15, -0.1) is 0 Å². The van der Waals surface area contributed by atoms with Crippen molar-refractivity contribution in [2.45, 2.75) is 24.3 Å². The number of nitrogens with zero attached hydrogens (tertiary/aromatic N) is 1. The molecule has 25 heavy (non-hydrogen) atoms. The minimum Gasteiger partial charge on any atom is -0.380 e. The number of sulfonamides is 1. The molecule has 0 amide bonds. The summed E-state index contributed by atoms with van der Waals surface area (Å²) >= 11 is 0. The lowest BCUT2D eigenvalue weighted by molar-refractivity contribution is 0.599. The lowest BCUT2D eigenvalue weighted by Crippen LogP contribution is -2.20. The number of pyridine rings is 1. The molecular weight excluding hydrogens is 362 g/mol. The van der Waals surface area contributed by atoms with Crippen molar-refractivity contribution in [3.63, 3.8) is 0 Å². The molecule has 1 fully saturated rings. The second-order valence-electron chi connectivity index (χ2n) is 6.05. The highest BCUT2D eigenvalue weighted by Crippen LogP contribution is 2.20. The van der Waals surface area contributed by atoms with E-state index in [2.05, 4.69) is 15.0 Å². The maximum absolute atomic E-state index is 12.4. The van der Waals surface area contributed by atoms with Crippen LogP contribution in [0.15, 0.2) is 47.5 Å². The summed E-state index contributed by atoms with van der Waals surface area (Å²) in [5.74, 6) is 0.494. The van der Waals surface area contributed by atoms with Crippen LogP contribution in [0, 0.1) is 6.92 Å². The Bertz CT molecular complexity index is 971. The summed E-state index contributed by atoms with van der Waals surface area (Å²) in [7, 11) is -6.66. The van der Waals surface area contributed by atoms with Crippen molar-refractivity contribution < 1.29 is 16.8 Å². The molecule has 3 rings (SSSR count). The summed E-state index contributed by atoms with van der Waals surface area (Å²) in [5, 5.41) is 3.11. The van der Waals surface area contributed by atoms with E-state index < -0.39 is 19.9 Å². The Morgan fingerprint density at radius 1 is 1.16 bits per heavy atom. The Morgan fingerprint density at radius 3 is 2.52 bits per heavy atom. The monoisotopic (exact) mass is 381 g/mol. The van der Waals surface area contributed by atoms with Gasteiger partial charge in [-0.3, -0.25) is 4.72 Å². The molecule has 0 bridgehead atoms. The Hall–Kier alpha value is -2.13. The Kier molecular flexibility index (Phi) is 4.70. The fourth-order valence-corrected chi connectivity index (χ4v) is 5.66. The normalized spacial score (nSPS) is 19.5. The Labute approximate surface area is 147 Å². The molecule has 0 aliphatic carbocycles. The zero-order valence-corrected chi connectivity index (χ0v) is 15.3. The lowest BCUT2D eigenvalue weighted by Gasteiger charge is -2.13. The van der Waals surface area contributed by atoms with Gasteiger partial charge in [0.25, 0.3) is 10.0 Å². The maximum Gasteiger partial charge on any atom is 0.263 e. The second kappa shape index (κ2) is 6.64. The highest BCUT2D eigenvalue weighted by molar-refractivity contribution is 7.92. The standard InChI is InChI=1S/C16H19N3O4S2/c1-12-4-2-3-5-15(12)25(22,23)19-16-7-6-13(10-17-16)18-14-8-9-24(20,21)11-14/h2-7,10,14,18H,8-9,11H2,1H3,(H,17,19). The van der Waals surface area contributed by atoms with E-state index in [0.29, 0.717) is 17.7 Å². The molecule has 2 N–H and O–H groups in total. The molecule has 1 atom stereocenters. The first-order valence-electron chi connectivity index (χ1n) is 7.77. The van der Waals surface area contributed by atoms with Crippen LogP contribution in [-0.2, 0) is 19.9 Å². The van der Waals surface area contributed by atoms with Gasteiger partial charge in [0, 0.05) is 6.04 Å². The van der Waals surface area contributed by atoms with Crippen LogP contribution in [0.3, 0.4) is 0 Å². The fraction of sp³-hybridized carbons (Fsp3) is 0.312. The molecule has 1 unspecified atom stereocenters. The number of hydrogen-bond donors (Lipinski definition) is 2. The van der Waals surface area contributed by atoms with E-state index in [4.69, 9.17) is 0 Å². The fourth-order valence-electron chi connectivity index (χ4n) is 2.73. The summed E-state index contributed by atoms with van der Waals surface area (Å²) in [6, 6.07) is 9.78. The first-order valence-corrected chi connectivity index (χ1v) is 11.1. The molecule has 0 saturated carbocycles. The van der Waals surface area contributed by atoms with Crippen molar-refractivity contribution in [3.8, 4) is 0 Å². The SMILES string of the molecule is Cc1ccccc1S(=O)(=O)Nc1ccc(NC2CCS(=O)(=O)C2)cn1. The second-order valence-corrected chi connectivity index (χ2v) is 9.93. The van der Waals surface area contributed by atoms with Gasteiger partial charge in [-0.25, -0.2) is 21.8 Å². The number of benzene rings is 1. The summed E-state index contributed by atoms with van der Waals surface area (Å²) in [6.07, 6.45) is 2.05. The van der Waals surface area contributed by atoms with Crippen LogP contribution in [0.4, 0.5) is 11.5 Å².